The van der Waals surface area contributed by atoms with Crippen LogP contribution in [0.15, 0.2) is 18.2 Å². The SMILES string of the molecule is C=C(C)[C@@H]1CC[C@@H](C)[C@H]2Oc3cc(CCC)c(C(=O)O)c(O)c3[C@H]21. The minimum atomic E-state index is -1.07. The highest BCUT2D eigenvalue weighted by atomic mass is 16.5. The summed E-state index contributed by atoms with van der Waals surface area (Å²) in [6, 6.07) is 1.84. The number of ether oxygens (including phenoxy) is 1. The molecule has 2 N–H and O–H groups in total. The quantitative estimate of drug-likeness (QED) is 0.797. The third kappa shape index (κ3) is 2.48. The molecule has 0 unspecified atom stereocenters. The standard InChI is InChI=1S/C20H26O4/c1-5-6-12-9-14-17(18(21)15(12)20(22)23)16-13(10(2)3)8-7-11(4)19(16)24-14/h9,11,13,16,19,21H,2,5-8H2,1,3-4H3,(H,22,23)/t11-,13+,16-,19-/m1/s1. The van der Waals surface area contributed by atoms with Crippen LogP contribution in [0, 0.1) is 11.8 Å². The average molecular weight is 330 g/mol. The summed E-state index contributed by atoms with van der Waals surface area (Å²) < 4.78 is 6.21. The van der Waals surface area contributed by atoms with Gasteiger partial charge in [0.1, 0.15) is 23.2 Å². The second-order valence-corrected chi connectivity index (χ2v) is 7.34. The Morgan fingerprint density at radius 1 is 1.42 bits per heavy atom. The van der Waals surface area contributed by atoms with E-state index in [1.54, 1.807) is 0 Å². The number of hydrogen-bond acceptors (Lipinski definition) is 3. The van der Waals surface area contributed by atoms with Crippen molar-refractivity contribution in [2.45, 2.75) is 58.5 Å². The van der Waals surface area contributed by atoms with Gasteiger partial charge in [0, 0.05) is 11.5 Å². The van der Waals surface area contributed by atoms with Gasteiger partial charge in [-0.1, -0.05) is 32.4 Å². The number of fused-ring (bicyclic) bond motifs is 3. The van der Waals surface area contributed by atoms with E-state index in [0.717, 1.165) is 24.8 Å². The third-order valence-electron chi connectivity index (χ3n) is 5.63. The van der Waals surface area contributed by atoms with E-state index in [2.05, 4.69) is 13.5 Å². The fraction of sp³-hybridized carbons (Fsp3) is 0.550. The van der Waals surface area contributed by atoms with Gasteiger partial charge < -0.3 is 14.9 Å². The van der Waals surface area contributed by atoms with Crippen molar-refractivity contribution in [1.82, 2.24) is 0 Å². The molecule has 1 saturated carbocycles. The van der Waals surface area contributed by atoms with Crippen LogP contribution in [-0.2, 0) is 6.42 Å². The number of aromatic hydroxyl groups is 1. The van der Waals surface area contributed by atoms with Crippen molar-refractivity contribution >= 4 is 5.97 Å². The lowest BCUT2D eigenvalue weighted by Gasteiger charge is -2.37. The first-order valence-corrected chi connectivity index (χ1v) is 8.80. The van der Waals surface area contributed by atoms with Crippen LogP contribution < -0.4 is 4.74 Å². The summed E-state index contributed by atoms with van der Waals surface area (Å²) in [7, 11) is 0. The topological polar surface area (TPSA) is 66.8 Å². The highest BCUT2D eigenvalue weighted by molar-refractivity contribution is 5.94. The maximum Gasteiger partial charge on any atom is 0.339 e. The fourth-order valence-corrected chi connectivity index (χ4v) is 4.46. The van der Waals surface area contributed by atoms with Crippen LogP contribution in [0.4, 0.5) is 0 Å². The molecule has 1 aromatic rings. The van der Waals surface area contributed by atoms with E-state index in [1.807, 2.05) is 19.9 Å². The number of carboxylic acids is 1. The fourth-order valence-electron chi connectivity index (χ4n) is 4.46. The highest BCUT2D eigenvalue weighted by Crippen LogP contribution is 2.56. The molecule has 0 bridgehead atoms. The Morgan fingerprint density at radius 3 is 2.71 bits per heavy atom. The van der Waals surface area contributed by atoms with E-state index in [4.69, 9.17) is 4.74 Å². The Balaban J connectivity index is 2.18. The Bertz CT molecular complexity index is 691. The normalized spacial score (nSPS) is 28.0. The van der Waals surface area contributed by atoms with Gasteiger partial charge >= 0.3 is 5.97 Å². The Labute approximate surface area is 143 Å². The summed E-state index contributed by atoms with van der Waals surface area (Å²) in [6.45, 7) is 10.3. The molecule has 130 valence electrons. The lowest BCUT2D eigenvalue weighted by Crippen LogP contribution is -2.36. The lowest BCUT2D eigenvalue weighted by molar-refractivity contribution is 0.0692. The number of hydrogen-bond donors (Lipinski definition) is 2. The molecular formula is C20H26O4. The molecule has 0 aromatic heterocycles. The Kier molecular flexibility index (Phi) is 4.33. The molecule has 0 radical (unpaired) electrons. The van der Waals surface area contributed by atoms with Gasteiger partial charge in [0.05, 0.1) is 0 Å². The van der Waals surface area contributed by atoms with Gasteiger partial charge in [0.2, 0.25) is 0 Å². The van der Waals surface area contributed by atoms with Gasteiger partial charge in [-0.2, -0.15) is 0 Å². The lowest BCUT2D eigenvalue weighted by atomic mass is 9.68. The summed E-state index contributed by atoms with van der Waals surface area (Å²) in [5, 5.41) is 20.4. The van der Waals surface area contributed by atoms with Gasteiger partial charge in [-0.15, -0.1) is 0 Å². The van der Waals surface area contributed by atoms with E-state index < -0.39 is 5.97 Å². The van der Waals surface area contributed by atoms with Crippen molar-refractivity contribution in [1.29, 1.82) is 0 Å². The van der Waals surface area contributed by atoms with Crippen molar-refractivity contribution in [2.75, 3.05) is 0 Å². The molecule has 4 atom stereocenters. The van der Waals surface area contributed by atoms with Crippen LogP contribution in [0.2, 0.25) is 0 Å². The van der Waals surface area contributed by atoms with Crippen LogP contribution >= 0.6 is 0 Å². The van der Waals surface area contributed by atoms with Crippen LogP contribution in [0.1, 0.15) is 67.4 Å². The second-order valence-electron chi connectivity index (χ2n) is 7.34. The molecular weight excluding hydrogens is 304 g/mol. The molecule has 4 nitrogen and oxygen atoms in total. The molecule has 2 aliphatic rings. The van der Waals surface area contributed by atoms with E-state index >= 15 is 0 Å². The van der Waals surface area contributed by atoms with Gasteiger partial charge in [0.25, 0.3) is 0 Å². The number of carbonyl (C=O) groups is 1. The Hall–Kier alpha value is -1.97. The third-order valence-corrected chi connectivity index (χ3v) is 5.63. The average Bonchev–Trinajstić information content (AvgIpc) is 2.87. The monoisotopic (exact) mass is 330 g/mol. The number of aryl methyl sites for hydroxylation is 1. The Morgan fingerprint density at radius 2 is 2.12 bits per heavy atom. The summed E-state index contributed by atoms with van der Waals surface area (Å²) >= 11 is 0. The molecule has 1 aliphatic heterocycles. The van der Waals surface area contributed by atoms with Crippen LogP contribution in [-0.4, -0.2) is 22.3 Å². The molecule has 24 heavy (non-hydrogen) atoms. The number of phenols is 1. The largest absolute Gasteiger partial charge is 0.507 e. The number of aromatic carboxylic acids is 1. The number of carboxylic acid groups (broad SMARTS) is 1. The van der Waals surface area contributed by atoms with Gasteiger partial charge in [0.15, 0.2) is 0 Å². The minimum absolute atomic E-state index is 0.00461. The predicted molar refractivity (Wildman–Crippen MR) is 92.9 cm³/mol. The molecule has 1 aromatic carbocycles. The first kappa shape index (κ1) is 16.9. The smallest absolute Gasteiger partial charge is 0.339 e. The number of allylic oxidation sites excluding steroid dienone is 1. The highest BCUT2D eigenvalue weighted by Gasteiger charge is 2.48. The van der Waals surface area contributed by atoms with Crippen LogP contribution in [0.5, 0.6) is 11.5 Å². The molecule has 1 fully saturated rings. The molecule has 0 amide bonds. The summed E-state index contributed by atoms with van der Waals surface area (Å²) in [4.78, 5) is 11.7. The van der Waals surface area contributed by atoms with Crippen molar-refractivity contribution < 1.29 is 19.7 Å². The molecule has 0 saturated heterocycles. The summed E-state index contributed by atoms with van der Waals surface area (Å²) in [5.41, 5.74) is 2.44. The zero-order valence-electron chi connectivity index (χ0n) is 14.6. The zero-order chi connectivity index (χ0) is 17.6. The van der Waals surface area contributed by atoms with Crippen molar-refractivity contribution in [3.8, 4) is 11.5 Å². The van der Waals surface area contributed by atoms with E-state index in [0.29, 0.717) is 29.2 Å². The second kappa shape index (κ2) is 6.15. The van der Waals surface area contributed by atoms with Crippen LogP contribution in [0.25, 0.3) is 0 Å². The predicted octanol–water partition coefficient (Wildman–Crippen LogP) is 4.51. The number of benzene rings is 1. The first-order valence-electron chi connectivity index (χ1n) is 8.80. The minimum Gasteiger partial charge on any atom is -0.507 e. The molecule has 1 aliphatic carbocycles. The summed E-state index contributed by atoms with van der Waals surface area (Å²) in [6.07, 6.45) is 3.47. The van der Waals surface area contributed by atoms with E-state index in [9.17, 15) is 15.0 Å². The van der Waals surface area contributed by atoms with Crippen LogP contribution in [0.3, 0.4) is 0 Å². The zero-order valence-corrected chi connectivity index (χ0v) is 14.6. The van der Waals surface area contributed by atoms with Gasteiger partial charge in [-0.05, 0) is 49.7 Å². The van der Waals surface area contributed by atoms with Gasteiger partial charge in [-0.3, -0.25) is 0 Å². The molecule has 0 spiro atoms. The van der Waals surface area contributed by atoms with Crippen molar-refractivity contribution in [3.05, 3.63) is 34.9 Å². The summed E-state index contributed by atoms with van der Waals surface area (Å²) in [5.74, 6) is 0.0810. The van der Waals surface area contributed by atoms with E-state index in [1.165, 1.54) is 0 Å². The molecule has 3 rings (SSSR count). The number of rotatable bonds is 4. The first-order chi connectivity index (χ1) is 11.4. The molecule has 1 heterocycles. The van der Waals surface area contributed by atoms with Gasteiger partial charge in [-0.25, -0.2) is 4.79 Å². The van der Waals surface area contributed by atoms with Crippen molar-refractivity contribution in [3.63, 3.8) is 0 Å². The van der Waals surface area contributed by atoms with E-state index in [-0.39, 0.29) is 29.3 Å². The maximum atomic E-state index is 11.7. The molecule has 4 heteroatoms. The van der Waals surface area contributed by atoms with Crippen molar-refractivity contribution in [2.24, 2.45) is 11.8 Å². The maximum absolute atomic E-state index is 11.7.